The molecule has 4 heterocycles. The Morgan fingerprint density at radius 1 is 1.10 bits per heavy atom. The zero-order chi connectivity index (χ0) is 20.5. The van der Waals surface area contributed by atoms with Gasteiger partial charge in [0.2, 0.25) is 0 Å². The van der Waals surface area contributed by atoms with Gasteiger partial charge in [-0.1, -0.05) is 13.8 Å². The Labute approximate surface area is 182 Å². The summed E-state index contributed by atoms with van der Waals surface area (Å²) in [5.74, 6) is 0. The highest BCUT2D eigenvalue weighted by atomic mass is 32.1. The van der Waals surface area contributed by atoms with Crippen molar-refractivity contribution in [2.24, 2.45) is 5.73 Å². The van der Waals surface area contributed by atoms with E-state index in [4.69, 9.17) is 15.2 Å². The first-order chi connectivity index (χ1) is 14.0. The smallest absolute Gasteiger partial charge is 0.0962 e. The van der Waals surface area contributed by atoms with Crippen LogP contribution in [0.2, 0.25) is 0 Å². The van der Waals surface area contributed by atoms with Gasteiger partial charge in [-0.25, -0.2) is 0 Å². The van der Waals surface area contributed by atoms with Gasteiger partial charge in [0, 0.05) is 48.2 Å². The van der Waals surface area contributed by atoms with Crippen molar-refractivity contribution < 1.29 is 9.47 Å². The lowest BCUT2D eigenvalue weighted by Gasteiger charge is -2.38. The average Bonchev–Trinajstić information content (AvgIpc) is 3.36. The van der Waals surface area contributed by atoms with E-state index in [-0.39, 0.29) is 18.2 Å². The lowest BCUT2D eigenvalue weighted by Crippen LogP contribution is -2.39. The SMILES string of the molecule is CCc1cc2c(s1)CCOC2CN(CC)C1COC(CN)c2cc(N(C)C)sc21. The molecule has 4 rings (SSSR count). The van der Waals surface area contributed by atoms with Gasteiger partial charge >= 0.3 is 0 Å². The summed E-state index contributed by atoms with van der Waals surface area (Å²) in [6, 6.07) is 4.90. The lowest BCUT2D eigenvalue weighted by atomic mass is 10.00. The van der Waals surface area contributed by atoms with Gasteiger partial charge in [-0.15, -0.1) is 22.7 Å². The topological polar surface area (TPSA) is 51.0 Å². The second-order valence-corrected chi connectivity index (χ2v) is 10.3. The Balaban J connectivity index is 1.60. The van der Waals surface area contributed by atoms with Crippen molar-refractivity contribution in [1.82, 2.24) is 4.90 Å². The van der Waals surface area contributed by atoms with Crippen molar-refractivity contribution in [3.63, 3.8) is 0 Å². The third kappa shape index (κ3) is 4.13. The highest BCUT2D eigenvalue weighted by molar-refractivity contribution is 7.16. The number of nitrogens with two attached hydrogens (primary N) is 1. The van der Waals surface area contributed by atoms with Crippen LogP contribution in [0.4, 0.5) is 5.00 Å². The van der Waals surface area contributed by atoms with Crippen molar-refractivity contribution in [3.05, 3.63) is 37.9 Å². The summed E-state index contributed by atoms with van der Waals surface area (Å²) >= 11 is 3.85. The van der Waals surface area contributed by atoms with E-state index in [1.54, 1.807) is 0 Å². The molecule has 2 N–H and O–H groups in total. The second kappa shape index (κ2) is 9.04. The van der Waals surface area contributed by atoms with Crippen LogP contribution in [0, 0.1) is 0 Å². The molecule has 5 nitrogen and oxygen atoms in total. The van der Waals surface area contributed by atoms with E-state index in [9.17, 15) is 0 Å². The summed E-state index contributed by atoms with van der Waals surface area (Å²) in [6.07, 6.45) is 2.31. The van der Waals surface area contributed by atoms with Crippen molar-refractivity contribution >= 4 is 27.7 Å². The maximum Gasteiger partial charge on any atom is 0.0962 e. The molecule has 0 saturated carbocycles. The maximum atomic E-state index is 6.26. The standard InChI is InChI=1S/C22H33N3O2S2/c1-5-14-9-15-19(26-8-7-20(15)28-14)12-25(6-2)17-13-27-18(11-23)16-10-21(24(3)4)29-22(16)17/h9-10,17-19H,5-8,11-13,23H2,1-4H3. The van der Waals surface area contributed by atoms with E-state index in [0.717, 1.165) is 32.5 Å². The predicted octanol–water partition coefficient (Wildman–Crippen LogP) is 4.15. The fourth-order valence-electron chi connectivity index (χ4n) is 4.34. The molecule has 7 heteroatoms. The fraction of sp³-hybridized carbons (Fsp3) is 0.636. The molecular weight excluding hydrogens is 402 g/mol. The third-order valence-corrected chi connectivity index (χ3v) is 8.80. The number of ether oxygens (including phenoxy) is 2. The predicted molar refractivity (Wildman–Crippen MR) is 122 cm³/mol. The number of likely N-dealkylation sites (N-methyl/N-ethyl adjacent to an activating group) is 1. The Morgan fingerprint density at radius 2 is 1.93 bits per heavy atom. The highest BCUT2D eigenvalue weighted by Gasteiger charge is 2.35. The van der Waals surface area contributed by atoms with Crippen LogP contribution in [-0.4, -0.2) is 51.8 Å². The molecule has 0 radical (unpaired) electrons. The zero-order valence-corrected chi connectivity index (χ0v) is 19.6. The number of thiophene rings is 2. The number of fused-ring (bicyclic) bond motifs is 2. The van der Waals surface area contributed by atoms with Gasteiger partial charge in [0.25, 0.3) is 0 Å². The van der Waals surface area contributed by atoms with Crippen molar-refractivity contribution in [2.75, 3.05) is 51.8 Å². The Bertz CT molecular complexity index is 832. The van der Waals surface area contributed by atoms with E-state index in [2.05, 4.69) is 49.9 Å². The molecule has 0 amide bonds. The second-order valence-electron chi connectivity index (χ2n) is 8.01. The number of rotatable bonds is 7. The van der Waals surface area contributed by atoms with E-state index in [0.29, 0.717) is 13.2 Å². The van der Waals surface area contributed by atoms with Crippen LogP contribution in [0.1, 0.15) is 57.9 Å². The fourth-order valence-corrected chi connectivity index (χ4v) is 6.74. The zero-order valence-electron chi connectivity index (χ0n) is 17.9. The molecule has 160 valence electrons. The molecule has 3 unspecified atom stereocenters. The maximum absolute atomic E-state index is 6.26. The van der Waals surface area contributed by atoms with Crippen molar-refractivity contribution in [3.8, 4) is 0 Å². The minimum Gasteiger partial charge on any atom is -0.372 e. The average molecular weight is 436 g/mol. The lowest BCUT2D eigenvalue weighted by molar-refractivity contribution is -0.0326. The largest absolute Gasteiger partial charge is 0.372 e. The Kier molecular flexibility index (Phi) is 6.63. The van der Waals surface area contributed by atoms with Gasteiger partial charge in [-0.3, -0.25) is 4.90 Å². The number of aryl methyl sites for hydroxylation is 1. The minimum absolute atomic E-state index is 0.00595. The minimum atomic E-state index is 0.00595. The molecule has 0 aromatic carbocycles. The van der Waals surface area contributed by atoms with Crippen LogP contribution >= 0.6 is 22.7 Å². The molecule has 3 atom stereocenters. The molecule has 0 aliphatic carbocycles. The van der Waals surface area contributed by atoms with Crippen LogP contribution in [0.25, 0.3) is 0 Å². The van der Waals surface area contributed by atoms with Gasteiger partial charge in [0.05, 0.1) is 36.5 Å². The van der Waals surface area contributed by atoms with Crippen molar-refractivity contribution in [1.29, 1.82) is 0 Å². The molecular formula is C22H33N3O2S2. The highest BCUT2D eigenvalue weighted by Crippen LogP contribution is 2.44. The van der Waals surface area contributed by atoms with Crippen LogP contribution in [-0.2, 0) is 22.3 Å². The molecule has 2 aliphatic heterocycles. The van der Waals surface area contributed by atoms with Gasteiger partial charge in [0.1, 0.15) is 0 Å². The van der Waals surface area contributed by atoms with E-state index in [1.165, 1.54) is 30.8 Å². The molecule has 0 fully saturated rings. The number of hydrogen-bond acceptors (Lipinski definition) is 7. The molecule has 0 spiro atoms. The van der Waals surface area contributed by atoms with Crippen molar-refractivity contribution in [2.45, 2.75) is 44.9 Å². The molecule has 29 heavy (non-hydrogen) atoms. The monoisotopic (exact) mass is 435 g/mol. The summed E-state index contributed by atoms with van der Waals surface area (Å²) < 4.78 is 12.5. The van der Waals surface area contributed by atoms with Gasteiger partial charge in [-0.2, -0.15) is 0 Å². The van der Waals surface area contributed by atoms with Crippen LogP contribution < -0.4 is 10.6 Å². The Morgan fingerprint density at radius 3 is 2.62 bits per heavy atom. The van der Waals surface area contributed by atoms with E-state index >= 15 is 0 Å². The normalized spacial score (nSPS) is 23.9. The summed E-state index contributed by atoms with van der Waals surface area (Å²) in [5.41, 5.74) is 8.69. The summed E-state index contributed by atoms with van der Waals surface area (Å²) in [6.45, 7) is 8.39. The Hall–Kier alpha value is -0.960. The summed E-state index contributed by atoms with van der Waals surface area (Å²) in [7, 11) is 4.20. The summed E-state index contributed by atoms with van der Waals surface area (Å²) in [4.78, 5) is 9.11. The van der Waals surface area contributed by atoms with Crippen LogP contribution in [0.15, 0.2) is 12.1 Å². The van der Waals surface area contributed by atoms with E-state index in [1.807, 2.05) is 22.7 Å². The third-order valence-electron chi connectivity index (χ3n) is 6.02. The first-order valence-corrected chi connectivity index (χ1v) is 12.3. The van der Waals surface area contributed by atoms with Gasteiger partial charge in [0.15, 0.2) is 0 Å². The number of hydrogen-bond donors (Lipinski definition) is 1. The van der Waals surface area contributed by atoms with E-state index < -0.39 is 0 Å². The first kappa shape index (κ1) is 21.3. The molecule has 2 aromatic rings. The van der Waals surface area contributed by atoms with Crippen LogP contribution in [0.5, 0.6) is 0 Å². The van der Waals surface area contributed by atoms with Gasteiger partial charge < -0.3 is 20.1 Å². The molecule has 2 aromatic heterocycles. The number of nitrogens with zero attached hydrogens (tertiary/aromatic N) is 2. The van der Waals surface area contributed by atoms with Gasteiger partial charge in [-0.05, 0) is 36.2 Å². The van der Waals surface area contributed by atoms with Crippen LogP contribution in [0.3, 0.4) is 0 Å². The first-order valence-electron chi connectivity index (χ1n) is 10.6. The molecule has 2 aliphatic rings. The molecule has 0 saturated heterocycles. The molecule has 0 bridgehead atoms. The quantitative estimate of drug-likeness (QED) is 0.708. The summed E-state index contributed by atoms with van der Waals surface area (Å²) in [5, 5.41) is 1.27. The number of anilines is 1.